The van der Waals surface area contributed by atoms with Crippen molar-refractivity contribution in [1.82, 2.24) is 19.5 Å². The monoisotopic (exact) mass is 226 g/mol. The van der Waals surface area contributed by atoms with Crippen LogP contribution in [0.25, 0.3) is 22.1 Å². The fourth-order valence-electron chi connectivity index (χ4n) is 2.36. The van der Waals surface area contributed by atoms with Gasteiger partial charge in [0.05, 0.1) is 5.52 Å². The van der Waals surface area contributed by atoms with E-state index in [2.05, 4.69) is 24.8 Å². The van der Waals surface area contributed by atoms with Gasteiger partial charge in [0.2, 0.25) is 5.95 Å². The van der Waals surface area contributed by atoms with Gasteiger partial charge in [0.15, 0.2) is 5.82 Å². The molecule has 6 nitrogen and oxygen atoms in total. The van der Waals surface area contributed by atoms with Gasteiger partial charge in [-0.15, -0.1) is 0 Å². The minimum absolute atomic E-state index is 0.462. The first-order chi connectivity index (χ1) is 8.34. The summed E-state index contributed by atoms with van der Waals surface area (Å²) >= 11 is 0. The van der Waals surface area contributed by atoms with E-state index >= 15 is 0 Å². The zero-order valence-corrected chi connectivity index (χ0v) is 9.01. The third kappa shape index (κ3) is 1.01. The maximum absolute atomic E-state index is 5.94. The van der Waals surface area contributed by atoms with Crippen LogP contribution in [0, 0.1) is 0 Å². The quantitative estimate of drug-likeness (QED) is 0.597. The fourth-order valence-corrected chi connectivity index (χ4v) is 2.36. The highest BCUT2D eigenvalue weighted by Gasteiger charge is 2.20. The zero-order chi connectivity index (χ0) is 11.4. The van der Waals surface area contributed by atoms with Crippen molar-refractivity contribution in [3.8, 4) is 0 Å². The number of aromatic nitrogens is 4. The molecule has 0 atom stereocenters. The van der Waals surface area contributed by atoms with E-state index in [1.165, 1.54) is 0 Å². The molecule has 0 spiro atoms. The van der Waals surface area contributed by atoms with Crippen molar-refractivity contribution in [2.45, 2.75) is 6.54 Å². The van der Waals surface area contributed by atoms with E-state index in [-0.39, 0.29) is 0 Å². The Morgan fingerprint density at radius 3 is 3.18 bits per heavy atom. The molecular formula is C11H10N6. The van der Waals surface area contributed by atoms with Gasteiger partial charge in [0.1, 0.15) is 16.6 Å². The Morgan fingerprint density at radius 2 is 2.24 bits per heavy atom. The highest BCUT2D eigenvalue weighted by Crippen LogP contribution is 2.30. The zero-order valence-electron chi connectivity index (χ0n) is 9.01. The lowest BCUT2D eigenvalue weighted by atomic mass is 10.2. The maximum atomic E-state index is 5.94. The van der Waals surface area contributed by atoms with Gasteiger partial charge in [-0.1, -0.05) is 0 Å². The second kappa shape index (κ2) is 2.85. The molecule has 3 N–H and O–H groups in total. The smallest absolute Gasteiger partial charge is 0.204 e. The molecule has 0 bridgehead atoms. The number of hydrogen-bond donors (Lipinski definition) is 2. The molecule has 3 aromatic heterocycles. The number of nitrogen functional groups attached to an aromatic ring is 1. The van der Waals surface area contributed by atoms with Crippen molar-refractivity contribution >= 4 is 33.8 Å². The summed E-state index contributed by atoms with van der Waals surface area (Å²) in [4.78, 5) is 13.2. The normalized spacial score (nSPS) is 14.1. The van der Waals surface area contributed by atoms with Crippen molar-refractivity contribution in [3.05, 3.63) is 18.3 Å². The van der Waals surface area contributed by atoms with Crippen LogP contribution in [-0.2, 0) is 6.54 Å². The summed E-state index contributed by atoms with van der Waals surface area (Å²) in [5, 5.41) is 3.22. The van der Waals surface area contributed by atoms with Gasteiger partial charge in [0.25, 0.3) is 0 Å². The SMILES string of the molecule is Nc1nc2cccnc2c2c1nc1n2CCN1. The second-order valence-electron chi connectivity index (χ2n) is 4.08. The molecule has 0 aliphatic carbocycles. The van der Waals surface area contributed by atoms with Gasteiger partial charge in [0, 0.05) is 19.3 Å². The number of nitrogens with one attached hydrogen (secondary N) is 1. The van der Waals surface area contributed by atoms with Crippen LogP contribution in [0.15, 0.2) is 18.3 Å². The van der Waals surface area contributed by atoms with Crippen LogP contribution >= 0.6 is 0 Å². The summed E-state index contributed by atoms with van der Waals surface area (Å²) in [5.74, 6) is 1.32. The Morgan fingerprint density at radius 1 is 1.29 bits per heavy atom. The molecule has 4 heterocycles. The minimum Gasteiger partial charge on any atom is -0.382 e. The first kappa shape index (κ1) is 8.74. The summed E-state index contributed by atoms with van der Waals surface area (Å²) in [7, 11) is 0. The molecule has 0 amide bonds. The predicted molar refractivity (Wildman–Crippen MR) is 65.7 cm³/mol. The van der Waals surface area contributed by atoms with Crippen LogP contribution in [0.2, 0.25) is 0 Å². The highest BCUT2D eigenvalue weighted by molar-refractivity contribution is 6.05. The van der Waals surface area contributed by atoms with Gasteiger partial charge in [-0.2, -0.15) is 0 Å². The molecule has 0 fully saturated rings. The third-order valence-electron chi connectivity index (χ3n) is 3.08. The molecule has 84 valence electrons. The van der Waals surface area contributed by atoms with E-state index in [0.717, 1.165) is 41.1 Å². The maximum Gasteiger partial charge on any atom is 0.204 e. The second-order valence-corrected chi connectivity index (χ2v) is 4.08. The van der Waals surface area contributed by atoms with Crippen molar-refractivity contribution < 1.29 is 0 Å². The van der Waals surface area contributed by atoms with Crippen molar-refractivity contribution in [2.24, 2.45) is 0 Å². The number of nitrogens with two attached hydrogens (primary N) is 1. The number of rotatable bonds is 0. The Kier molecular flexibility index (Phi) is 1.46. The Bertz CT molecular complexity index is 744. The molecule has 4 rings (SSSR count). The summed E-state index contributed by atoms with van der Waals surface area (Å²) in [6.07, 6.45) is 1.77. The number of fused-ring (bicyclic) bond motifs is 5. The minimum atomic E-state index is 0.462. The van der Waals surface area contributed by atoms with E-state index in [4.69, 9.17) is 5.73 Å². The van der Waals surface area contributed by atoms with Crippen LogP contribution in [0.5, 0.6) is 0 Å². The molecule has 0 aromatic carbocycles. The standard InChI is InChI=1S/C11H10N6/c12-10-8-9(17-5-4-14-11(17)16-8)7-6(15-10)2-1-3-13-7/h1-3H,4-5H2,(H2,12,15)(H,14,16). The molecule has 6 heteroatoms. The predicted octanol–water partition coefficient (Wildman–Crippen LogP) is 0.987. The third-order valence-corrected chi connectivity index (χ3v) is 3.08. The number of pyridine rings is 2. The molecule has 3 aromatic rings. The molecular weight excluding hydrogens is 216 g/mol. The first-order valence-electron chi connectivity index (χ1n) is 5.49. The fraction of sp³-hybridized carbons (Fsp3) is 0.182. The summed E-state index contributed by atoms with van der Waals surface area (Å²) in [6, 6.07) is 3.78. The van der Waals surface area contributed by atoms with E-state index < -0.39 is 0 Å². The van der Waals surface area contributed by atoms with Crippen molar-refractivity contribution in [3.63, 3.8) is 0 Å². The topological polar surface area (TPSA) is 81.7 Å². The van der Waals surface area contributed by atoms with E-state index in [9.17, 15) is 0 Å². The summed E-state index contributed by atoms with van der Waals surface area (Å²) in [5.41, 5.74) is 9.33. The van der Waals surface area contributed by atoms with E-state index in [1.54, 1.807) is 6.20 Å². The number of anilines is 2. The number of imidazole rings is 1. The lowest BCUT2D eigenvalue weighted by Gasteiger charge is -2.03. The lowest BCUT2D eigenvalue weighted by molar-refractivity contribution is 0.838. The average molecular weight is 226 g/mol. The van der Waals surface area contributed by atoms with E-state index in [0.29, 0.717) is 5.82 Å². The summed E-state index contributed by atoms with van der Waals surface area (Å²) < 4.78 is 2.11. The van der Waals surface area contributed by atoms with Gasteiger partial charge in [-0.3, -0.25) is 4.98 Å². The Labute approximate surface area is 96.5 Å². The molecule has 17 heavy (non-hydrogen) atoms. The van der Waals surface area contributed by atoms with Gasteiger partial charge < -0.3 is 15.6 Å². The first-order valence-corrected chi connectivity index (χ1v) is 5.49. The van der Waals surface area contributed by atoms with Crippen molar-refractivity contribution in [1.29, 1.82) is 0 Å². The van der Waals surface area contributed by atoms with Crippen LogP contribution in [0.1, 0.15) is 0 Å². The van der Waals surface area contributed by atoms with E-state index in [1.807, 2.05) is 12.1 Å². The van der Waals surface area contributed by atoms with Crippen LogP contribution in [0.3, 0.4) is 0 Å². The van der Waals surface area contributed by atoms with Crippen LogP contribution in [0.4, 0.5) is 11.8 Å². The molecule has 0 saturated heterocycles. The number of nitrogens with zero attached hydrogens (tertiary/aromatic N) is 4. The molecule has 0 unspecified atom stereocenters. The molecule has 1 aliphatic rings. The average Bonchev–Trinajstić information content (AvgIpc) is 2.89. The summed E-state index contributed by atoms with van der Waals surface area (Å²) in [6.45, 7) is 1.79. The lowest BCUT2D eigenvalue weighted by Crippen LogP contribution is -1.99. The van der Waals surface area contributed by atoms with Gasteiger partial charge in [-0.25, -0.2) is 9.97 Å². The molecule has 1 aliphatic heterocycles. The molecule has 0 radical (unpaired) electrons. The highest BCUT2D eigenvalue weighted by atomic mass is 15.3. The van der Waals surface area contributed by atoms with Gasteiger partial charge >= 0.3 is 0 Å². The van der Waals surface area contributed by atoms with Gasteiger partial charge in [-0.05, 0) is 12.1 Å². The van der Waals surface area contributed by atoms with Crippen LogP contribution < -0.4 is 11.1 Å². The Balaban J connectivity index is 2.30. The Hall–Kier alpha value is -2.37. The molecule has 0 saturated carbocycles. The van der Waals surface area contributed by atoms with Crippen molar-refractivity contribution in [2.75, 3.05) is 17.6 Å². The largest absolute Gasteiger partial charge is 0.382 e. The van der Waals surface area contributed by atoms with Crippen LogP contribution in [-0.4, -0.2) is 26.1 Å². The number of hydrogen-bond acceptors (Lipinski definition) is 5.